The predicted molar refractivity (Wildman–Crippen MR) is 54.6 cm³/mol. The van der Waals surface area contributed by atoms with Crippen LogP contribution in [-0.2, 0) is 0 Å². The third-order valence-electron chi connectivity index (χ3n) is 2.04. The number of aliphatic hydroxyl groups is 2. The molecule has 2 N–H and O–H groups in total. The highest BCUT2D eigenvalue weighted by Crippen LogP contribution is 2.28. The summed E-state index contributed by atoms with van der Waals surface area (Å²) in [5.41, 5.74) is 0.312. The van der Waals surface area contributed by atoms with Crippen LogP contribution in [0.3, 0.4) is 0 Å². The van der Waals surface area contributed by atoms with Crippen LogP contribution in [0.25, 0.3) is 0 Å². The SMILES string of the molecule is COc1cc(F)ccc1C(O)C(O)CCl. The monoisotopic (exact) mass is 234 g/mol. The first-order valence-corrected chi connectivity index (χ1v) is 4.89. The zero-order chi connectivity index (χ0) is 11.4. The smallest absolute Gasteiger partial charge is 0.127 e. The van der Waals surface area contributed by atoms with Crippen molar-refractivity contribution in [1.82, 2.24) is 0 Å². The summed E-state index contributed by atoms with van der Waals surface area (Å²) in [4.78, 5) is 0. The van der Waals surface area contributed by atoms with Crippen LogP contribution in [0.4, 0.5) is 4.39 Å². The molecule has 1 aromatic rings. The molecule has 0 fully saturated rings. The van der Waals surface area contributed by atoms with E-state index in [-0.39, 0.29) is 11.6 Å². The molecule has 0 saturated carbocycles. The zero-order valence-corrected chi connectivity index (χ0v) is 8.91. The highest BCUT2D eigenvalue weighted by Gasteiger charge is 2.21. The van der Waals surface area contributed by atoms with E-state index in [9.17, 15) is 14.6 Å². The molecule has 0 saturated heterocycles. The van der Waals surface area contributed by atoms with Crippen LogP contribution in [0.5, 0.6) is 5.75 Å². The first-order valence-electron chi connectivity index (χ1n) is 4.35. The molecular weight excluding hydrogens is 223 g/mol. The molecule has 0 aliphatic carbocycles. The summed E-state index contributed by atoms with van der Waals surface area (Å²) < 4.78 is 17.7. The number of hydrogen-bond donors (Lipinski definition) is 2. The number of halogens is 2. The minimum atomic E-state index is -1.18. The van der Waals surface area contributed by atoms with Crippen LogP contribution in [-0.4, -0.2) is 29.3 Å². The van der Waals surface area contributed by atoms with Crippen molar-refractivity contribution >= 4 is 11.6 Å². The topological polar surface area (TPSA) is 49.7 Å². The van der Waals surface area contributed by atoms with Gasteiger partial charge >= 0.3 is 0 Å². The standard InChI is InChI=1S/C10H12ClFO3/c1-15-9-4-6(12)2-3-7(9)10(14)8(13)5-11/h2-4,8,10,13-14H,5H2,1H3. The quantitative estimate of drug-likeness (QED) is 0.776. The molecule has 0 aromatic heterocycles. The van der Waals surface area contributed by atoms with Crippen molar-refractivity contribution in [2.45, 2.75) is 12.2 Å². The number of alkyl halides is 1. The molecule has 0 radical (unpaired) electrons. The van der Waals surface area contributed by atoms with Crippen molar-refractivity contribution in [3.8, 4) is 5.75 Å². The Morgan fingerprint density at radius 3 is 2.67 bits per heavy atom. The molecule has 2 atom stereocenters. The van der Waals surface area contributed by atoms with Crippen LogP contribution in [0.15, 0.2) is 18.2 Å². The average Bonchev–Trinajstić information content (AvgIpc) is 2.26. The lowest BCUT2D eigenvalue weighted by molar-refractivity contribution is 0.0311. The van der Waals surface area contributed by atoms with Crippen molar-refractivity contribution in [3.05, 3.63) is 29.6 Å². The van der Waals surface area contributed by atoms with Gasteiger partial charge in [0, 0.05) is 11.6 Å². The highest BCUT2D eigenvalue weighted by molar-refractivity contribution is 6.18. The van der Waals surface area contributed by atoms with E-state index in [1.54, 1.807) is 0 Å². The van der Waals surface area contributed by atoms with Crippen molar-refractivity contribution < 1.29 is 19.3 Å². The summed E-state index contributed by atoms with van der Waals surface area (Å²) in [5.74, 6) is -0.392. The van der Waals surface area contributed by atoms with Crippen molar-refractivity contribution in [2.24, 2.45) is 0 Å². The molecule has 1 aromatic carbocycles. The third kappa shape index (κ3) is 2.81. The number of ether oxygens (including phenoxy) is 1. The van der Waals surface area contributed by atoms with E-state index in [2.05, 4.69) is 0 Å². The number of benzene rings is 1. The fourth-order valence-corrected chi connectivity index (χ4v) is 1.39. The fraction of sp³-hybridized carbons (Fsp3) is 0.400. The average molecular weight is 235 g/mol. The normalized spacial score (nSPS) is 14.7. The Kier molecular flexibility index (Phi) is 4.32. The fourth-order valence-electron chi connectivity index (χ4n) is 1.22. The van der Waals surface area contributed by atoms with Gasteiger partial charge in [-0.05, 0) is 12.1 Å². The minimum absolute atomic E-state index is 0.109. The van der Waals surface area contributed by atoms with Gasteiger partial charge in [0.15, 0.2) is 0 Å². The Morgan fingerprint density at radius 2 is 2.13 bits per heavy atom. The zero-order valence-electron chi connectivity index (χ0n) is 8.15. The molecule has 0 amide bonds. The van der Waals surface area contributed by atoms with Crippen LogP contribution < -0.4 is 4.74 Å². The van der Waals surface area contributed by atoms with Crippen molar-refractivity contribution in [2.75, 3.05) is 13.0 Å². The lowest BCUT2D eigenvalue weighted by Gasteiger charge is -2.18. The molecule has 0 heterocycles. The molecule has 3 nitrogen and oxygen atoms in total. The molecule has 0 aliphatic rings. The van der Waals surface area contributed by atoms with Gasteiger partial charge in [0.1, 0.15) is 17.7 Å². The van der Waals surface area contributed by atoms with E-state index in [0.29, 0.717) is 5.56 Å². The van der Waals surface area contributed by atoms with Gasteiger partial charge in [-0.3, -0.25) is 0 Å². The second kappa shape index (κ2) is 5.30. The number of aliphatic hydroxyl groups excluding tert-OH is 2. The first-order chi connectivity index (χ1) is 7.10. The maximum atomic E-state index is 12.8. The summed E-state index contributed by atoms with van der Waals surface area (Å²) in [5, 5.41) is 19.0. The van der Waals surface area contributed by atoms with E-state index in [4.69, 9.17) is 16.3 Å². The highest BCUT2D eigenvalue weighted by atomic mass is 35.5. The summed E-state index contributed by atoms with van der Waals surface area (Å²) in [6.45, 7) is 0. The van der Waals surface area contributed by atoms with Crippen molar-refractivity contribution in [1.29, 1.82) is 0 Å². The number of methoxy groups -OCH3 is 1. The summed E-state index contributed by atoms with van der Waals surface area (Å²) in [6, 6.07) is 3.68. The molecular formula is C10H12ClFO3. The summed E-state index contributed by atoms with van der Waals surface area (Å²) in [7, 11) is 1.36. The molecule has 0 spiro atoms. The molecule has 1 rings (SSSR count). The first kappa shape index (κ1) is 12.2. The van der Waals surface area contributed by atoms with Gasteiger partial charge in [-0.25, -0.2) is 4.39 Å². The van der Waals surface area contributed by atoms with Gasteiger partial charge in [0.25, 0.3) is 0 Å². The van der Waals surface area contributed by atoms with Gasteiger partial charge in [-0.1, -0.05) is 0 Å². The summed E-state index contributed by atoms with van der Waals surface area (Å²) in [6.07, 6.45) is -2.29. The molecule has 15 heavy (non-hydrogen) atoms. The predicted octanol–water partition coefficient (Wildman–Crippen LogP) is 1.47. The van der Waals surface area contributed by atoms with Crippen LogP contribution in [0.2, 0.25) is 0 Å². The molecule has 0 aliphatic heterocycles. The number of rotatable bonds is 4. The third-order valence-corrected chi connectivity index (χ3v) is 2.35. The van der Waals surface area contributed by atoms with Crippen LogP contribution in [0.1, 0.15) is 11.7 Å². The van der Waals surface area contributed by atoms with E-state index >= 15 is 0 Å². The Hall–Kier alpha value is -0.840. The van der Waals surface area contributed by atoms with E-state index in [1.807, 2.05) is 0 Å². The van der Waals surface area contributed by atoms with Crippen LogP contribution >= 0.6 is 11.6 Å². The van der Waals surface area contributed by atoms with Gasteiger partial charge in [0.2, 0.25) is 0 Å². The Balaban J connectivity index is 3.02. The van der Waals surface area contributed by atoms with Gasteiger partial charge in [-0.2, -0.15) is 0 Å². The largest absolute Gasteiger partial charge is 0.496 e. The van der Waals surface area contributed by atoms with E-state index in [1.165, 1.54) is 19.2 Å². The molecule has 0 bridgehead atoms. The second-order valence-corrected chi connectivity index (χ2v) is 3.36. The molecule has 5 heteroatoms. The summed E-state index contributed by atoms with van der Waals surface area (Å²) >= 11 is 5.40. The Labute approximate surface area is 92.1 Å². The maximum Gasteiger partial charge on any atom is 0.127 e. The molecule has 84 valence electrons. The Bertz CT molecular complexity index is 332. The van der Waals surface area contributed by atoms with Gasteiger partial charge in [-0.15, -0.1) is 11.6 Å². The molecule has 2 unspecified atom stereocenters. The van der Waals surface area contributed by atoms with Gasteiger partial charge in [0.05, 0.1) is 19.1 Å². The Morgan fingerprint density at radius 1 is 1.47 bits per heavy atom. The van der Waals surface area contributed by atoms with Crippen molar-refractivity contribution in [3.63, 3.8) is 0 Å². The number of hydrogen-bond acceptors (Lipinski definition) is 3. The van der Waals surface area contributed by atoms with E-state index < -0.39 is 18.0 Å². The lowest BCUT2D eigenvalue weighted by atomic mass is 10.0. The van der Waals surface area contributed by atoms with Crippen LogP contribution in [0, 0.1) is 5.82 Å². The van der Waals surface area contributed by atoms with Gasteiger partial charge < -0.3 is 14.9 Å². The second-order valence-electron chi connectivity index (χ2n) is 3.05. The van der Waals surface area contributed by atoms with E-state index in [0.717, 1.165) is 6.07 Å². The maximum absolute atomic E-state index is 12.8. The lowest BCUT2D eigenvalue weighted by Crippen LogP contribution is -2.20. The minimum Gasteiger partial charge on any atom is -0.496 e.